The largest absolute Gasteiger partial charge is 0.497 e. The van der Waals surface area contributed by atoms with E-state index < -0.39 is 0 Å². The SMILES string of the molecule is CCCOCCOCCO/C=C/N. The molecule has 0 aliphatic heterocycles. The maximum absolute atomic E-state index is 5.21. The maximum Gasteiger partial charge on any atom is 0.111 e. The molecule has 2 N–H and O–H groups in total. The van der Waals surface area contributed by atoms with Gasteiger partial charge in [0.15, 0.2) is 0 Å². The fraction of sp³-hybridized carbons (Fsp3) is 0.778. The van der Waals surface area contributed by atoms with Crippen LogP contribution >= 0.6 is 0 Å². The van der Waals surface area contributed by atoms with Crippen LogP contribution in [0.4, 0.5) is 0 Å². The van der Waals surface area contributed by atoms with Crippen molar-refractivity contribution in [3.63, 3.8) is 0 Å². The molecule has 4 heteroatoms. The minimum atomic E-state index is 0.529. The molecule has 78 valence electrons. The summed E-state index contributed by atoms with van der Waals surface area (Å²) in [6.45, 7) is 5.25. The van der Waals surface area contributed by atoms with E-state index in [0.29, 0.717) is 26.4 Å². The van der Waals surface area contributed by atoms with Crippen LogP contribution in [0.25, 0.3) is 0 Å². The molecule has 0 saturated carbocycles. The second-order valence-electron chi connectivity index (χ2n) is 2.42. The maximum atomic E-state index is 5.21. The molecule has 0 aromatic carbocycles. The first-order chi connectivity index (χ1) is 6.41. The first kappa shape index (κ1) is 12.3. The Morgan fingerprint density at radius 3 is 2.23 bits per heavy atom. The lowest BCUT2D eigenvalue weighted by atomic mass is 10.5. The second-order valence-corrected chi connectivity index (χ2v) is 2.42. The van der Waals surface area contributed by atoms with E-state index in [9.17, 15) is 0 Å². The number of nitrogens with two attached hydrogens (primary N) is 1. The Bertz CT molecular complexity index is 117. The molecule has 0 aliphatic rings. The summed E-state index contributed by atoms with van der Waals surface area (Å²) in [5.74, 6) is 0. The van der Waals surface area contributed by atoms with Crippen LogP contribution in [-0.4, -0.2) is 33.0 Å². The molecule has 13 heavy (non-hydrogen) atoms. The van der Waals surface area contributed by atoms with Crippen molar-refractivity contribution in [2.24, 2.45) is 5.73 Å². The zero-order valence-electron chi connectivity index (χ0n) is 8.20. The number of hydrogen-bond acceptors (Lipinski definition) is 4. The molecule has 0 bridgehead atoms. The zero-order chi connectivity index (χ0) is 9.78. The minimum Gasteiger partial charge on any atom is -0.497 e. The topological polar surface area (TPSA) is 53.7 Å². The molecule has 0 radical (unpaired) electrons. The van der Waals surface area contributed by atoms with Gasteiger partial charge < -0.3 is 19.9 Å². The Balaban J connectivity index is 2.83. The fourth-order valence-corrected chi connectivity index (χ4v) is 0.697. The van der Waals surface area contributed by atoms with Crippen LogP contribution in [0.3, 0.4) is 0 Å². The van der Waals surface area contributed by atoms with Gasteiger partial charge in [-0.25, -0.2) is 0 Å². The molecule has 0 heterocycles. The highest BCUT2D eigenvalue weighted by Crippen LogP contribution is 1.83. The van der Waals surface area contributed by atoms with Gasteiger partial charge in [0.1, 0.15) is 6.61 Å². The summed E-state index contributed by atoms with van der Waals surface area (Å²) in [5.41, 5.74) is 5.06. The van der Waals surface area contributed by atoms with E-state index in [0.717, 1.165) is 13.0 Å². The molecular formula is C9H19NO3. The number of ether oxygens (including phenoxy) is 3. The van der Waals surface area contributed by atoms with Gasteiger partial charge in [0.25, 0.3) is 0 Å². The summed E-state index contributed by atoms with van der Waals surface area (Å²) >= 11 is 0. The fourth-order valence-electron chi connectivity index (χ4n) is 0.697. The van der Waals surface area contributed by atoms with E-state index in [1.165, 1.54) is 12.5 Å². The summed E-state index contributed by atoms with van der Waals surface area (Å²) in [5, 5.41) is 0. The van der Waals surface area contributed by atoms with Crippen LogP contribution in [0.15, 0.2) is 12.5 Å². The van der Waals surface area contributed by atoms with Gasteiger partial charge >= 0.3 is 0 Å². The molecule has 0 rings (SSSR count). The van der Waals surface area contributed by atoms with E-state index in [1.54, 1.807) is 0 Å². The van der Waals surface area contributed by atoms with Crippen LogP contribution in [-0.2, 0) is 14.2 Å². The molecule has 0 unspecified atom stereocenters. The Morgan fingerprint density at radius 2 is 1.62 bits per heavy atom. The van der Waals surface area contributed by atoms with Crippen molar-refractivity contribution in [1.82, 2.24) is 0 Å². The monoisotopic (exact) mass is 189 g/mol. The summed E-state index contributed by atoms with van der Waals surface area (Å²) in [6.07, 6.45) is 3.84. The van der Waals surface area contributed by atoms with E-state index in [1.807, 2.05) is 0 Å². The molecule has 0 atom stereocenters. The Morgan fingerprint density at radius 1 is 1.00 bits per heavy atom. The van der Waals surface area contributed by atoms with Gasteiger partial charge in [-0.05, 0) is 6.42 Å². The number of rotatable bonds is 9. The highest BCUT2D eigenvalue weighted by Gasteiger charge is 1.88. The quantitative estimate of drug-likeness (QED) is 0.432. The van der Waals surface area contributed by atoms with E-state index >= 15 is 0 Å². The van der Waals surface area contributed by atoms with Crippen LogP contribution in [0.5, 0.6) is 0 Å². The Hall–Kier alpha value is -0.740. The third-order valence-electron chi connectivity index (χ3n) is 1.24. The van der Waals surface area contributed by atoms with Crippen molar-refractivity contribution in [3.8, 4) is 0 Å². The minimum absolute atomic E-state index is 0.529. The molecule has 0 saturated heterocycles. The highest BCUT2D eigenvalue weighted by molar-refractivity contribution is 4.62. The lowest BCUT2D eigenvalue weighted by molar-refractivity contribution is 0.0307. The summed E-state index contributed by atoms with van der Waals surface area (Å²) in [4.78, 5) is 0. The van der Waals surface area contributed by atoms with Gasteiger partial charge in [0.2, 0.25) is 0 Å². The van der Waals surface area contributed by atoms with Crippen molar-refractivity contribution in [2.75, 3.05) is 33.0 Å². The third-order valence-corrected chi connectivity index (χ3v) is 1.24. The Kier molecular flexibility index (Phi) is 10.6. The van der Waals surface area contributed by atoms with Crippen LogP contribution < -0.4 is 5.73 Å². The van der Waals surface area contributed by atoms with Crippen molar-refractivity contribution in [3.05, 3.63) is 12.5 Å². The average Bonchev–Trinajstić information content (AvgIpc) is 2.16. The smallest absolute Gasteiger partial charge is 0.111 e. The summed E-state index contributed by atoms with van der Waals surface area (Å²) < 4.78 is 15.4. The molecule has 0 amide bonds. The van der Waals surface area contributed by atoms with Gasteiger partial charge in [-0.15, -0.1) is 0 Å². The van der Waals surface area contributed by atoms with Gasteiger partial charge in [0.05, 0.1) is 26.1 Å². The molecule has 0 aromatic heterocycles. The van der Waals surface area contributed by atoms with E-state index in [2.05, 4.69) is 6.92 Å². The zero-order valence-corrected chi connectivity index (χ0v) is 8.20. The predicted molar refractivity (Wildman–Crippen MR) is 51.2 cm³/mol. The molecule has 4 nitrogen and oxygen atoms in total. The predicted octanol–water partition coefficient (Wildman–Crippen LogP) is 0.876. The first-order valence-electron chi connectivity index (χ1n) is 4.55. The second kappa shape index (κ2) is 11.3. The van der Waals surface area contributed by atoms with Crippen LogP contribution in [0.1, 0.15) is 13.3 Å². The molecule has 0 fully saturated rings. The van der Waals surface area contributed by atoms with Crippen molar-refractivity contribution < 1.29 is 14.2 Å². The highest BCUT2D eigenvalue weighted by atomic mass is 16.5. The average molecular weight is 189 g/mol. The molecular weight excluding hydrogens is 170 g/mol. The Labute approximate surface area is 79.6 Å². The van der Waals surface area contributed by atoms with Gasteiger partial charge in [-0.1, -0.05) is 6.92 Å². The van der Waals surface area contributed by atoms with Gasteiger partial charge in [-0.2, -0.15) is 0 Å². The molecule has 0 aromatic rings. The van der Waals surface area contributed by atoms with E-state index in [4.69, 9.17) is 19.9 Å². The van der Waals surface area contributed by atoms with Gasteiger partial charge in [-0.3, -0.25) is 0 Å². The van der Waals surface area contributed by atoms with Crippen molar-refractivity contribution in [2.45, 2.75) is 13.3 Å². The lowest BCUT2D eigenvalue weighted by Gasteiger charge is -2.04. The van der Waals surface area contributed by atoms with Gasteiger partial charge in [0, 0.05) is 12.8 Å². The van der Waals surface area contributed by atoms with E-state index in [-0.39, 0.29) is 0 Å². The van der Waals surface area contributed by atoms with Crippen LogP contribution in [0, 0.1) is 0 Å². The molecule has 0 aliphatic carbocycles. The van der Waals surface area contributed by atoms with Crippen molar-refractivity contribution >= 4 is 0 Å². The first-order valence-corrected chi connectivity index (χ1v) is 4.55. The third kappa shape index (κ3) is 11.3. The van der Waals surface area contributed by atoms with Crippen molar-refractivity contribution in [1.29, 1.82) is 0 Å². The summed E-state index contributed by atoms with van der Waals surface area (Å²) in [7, 11) is 0. The lowest BCUT2D eigenvalue weighted by Crippen LogP contribution is -2.08. The number of hydrogen-bond donors (Lipinski definition) is 1. The van der Waals surface area contributed by atoms with Crippen LogP contribution in [0.2, 0.25) is 0 Å². The summed E-state index contributed by atoms with van der Waals surface area (Å²) in [6, 6.07) is 0. The standard InChI is InChI=1S/C9H19NO3/c1-2-4-11-6-8-13-9-7-12-5-3-10/h3,5H,2,4,6-10H2,1H3/b5-3+. The molecule has 0 spiro atoms. The normalized spacial score (nSPS) is 10.8.